The fraction of sp³-hybridized carbons (Fsp3) is 0.111. The third-order valence-corrected chi connectivity index (χ3v) is 4.17. The van der Waals surface area contributed by atoms with Crippen molar-refractivity contribution in [2.75, 3.05) is 12.4 Å². The van der Waals surface area contributed by atoms with Crippen molar-refractivity contribution in [3.05, 3.63) is 62.5 Å². The van der Waals surface area contributed by atoms with E-state index in [1.807, 2.05) is 12.1 Å². The average molecular weight is 453 g/mol. The van der Waals surface area contributed by atoms with Gasteiger partial charge in [0.05, 0.1) is 11.6 Å². The molecule has 0 aliphatic heterocycles. The van der Waals surface area contributed by atoms with Gasteiger partial charge in [0, 0.05) is 28.2 Å². The molecule has 0 unspecified atom stereocenters. The molecule has 24 heavy (non-hydrogen) atoms. The van der Waals surface area contributed by atoms with E-state index in [4.69, 9.17) is 4.74 Å². The number of benzene rings is 2. The molecule has 0 spiro atoms. The molecule has 2 rings (SSSR count). The summed E-state index contributed by atoms with van der Waals surface area (Å²) in [6.07, 6.45) is 3.17. The Morgan fingerprint density at radius 3 is 2.58 bits per heavy atom. The summed E-state index contributed by atoms with van der Waals surface area (Å²) >= 11 is 6.84. The molecule has 0 heterocycles. The molecule has 4 nitrogen and oxygen atoms in total. The standard InChI is InChI=1S/C18H15Br2NO3/c1-11(22)21-15-5-3-4-12(9-15)17(23)7-6-13-8-14(19)10-16(20)18(13)24-2/h3-10H,1-2H3,(H,21,22)/b7-6+. The third-order valence-electron chi connectivity index (χ3n) is 3.12. The van der Waals surface area contributed by atoms with Gasteiger partial charge in [-0.05, 0) is 52.3 Å². The first-order valence-electron chi connectivity index (χ1n) is 7.04. The van der Waals surface area contributed by atoms with Gasteiger partial charge in [0.1, 0.15) is 5.75 Å². The summed E-state index contributed by atoms with van der Waals surface area (Å²) in [6, 6.07) is 10.5. The fourth-order valence-electron chi connectivity index (χ4n) is 2.13. The number of amides is 1. The number of nitrogens with one attached hydrogen (secondary N) is 1. The highest BCUT2D eigenvalue weighted by Crippen LogP contribution is 2.33. The van der Waals surface area contributed by atoms with E-state index < -0.39 is 0 Å². The number of carbonyl (C=O) groups excluding carboxylic acids is 2. The molecular weight excluding hydrogens is 438 g/mol. The number of allylic oxidation sites excluding steroid dienone is 1. The fourth-order valence-corrected chi connectivity index (χ4v) is 3.55. The number of carbonyl (C=O) groups is 2. The molecule has 124 valence electrons. The SMILES string of the molecule is COc1c(Br)cc(Br)cc1/C=C/C(=O)c1cccc(NC(C)=O)c1. The molecule has 0 saturated carbocycles. The highest BCUT2D eigenvalue weighted by atomic mass is 79.9. The van der Waals surface area contributed by atoms with Crippen molar-refractivity contribution in [2.24, 2.45) is 0 Å². The van der Waals surface area contributed by atoms with Crippen molar-refractivity contribution in [2.45, 2.75) is 6.92 Å². The quantitative estimate of drug-likeness (QED) is 0.508. The van der Waals surface area contributed by atoms with E-state index in [2.05, 4.69) is 37.2 Å². The minimum absolute atomic E-state index is 0.166. The van der Waals surface area contributed by atoms with E-state index in [1.165, 1.54) is 13.0 Å². The second-order valence-electron chi connectivity index (χ2n) is 4.97. The molecule has 0 aromatic heterocycles. The van der Waals surface area contributed by atoms with Crippen molar-refractivity contribution in [3.63, 3.8) is 0 Å². The zero-order chi connectivity index (χ0) is 17.7. The van der Waals surface area contributed by atoms with E-state index >= 15 is 0 Å². The molecule has 2 aromatic carbocycles. The maximum Gasteiger partial charge on any atom is 0.221 e. The molecule has 0 bridgehead atoms. The molecule has 0 radical (unpaired) electrons. The molecule has 2 aromatic rings. The predicted molar refractivity (Wildman–Crippen MR) is 103 cm³/mol. The average Bonchev–Trinajstić information content (AvgIpc) is 2.51. The van der Waals surface area contributed by atoms with Gasteiger partial charge in [0.2, 0.25) is 5.91 Å². The maximum absolute atomic E-state index is 12.4. The number of methoxy groups -OCH3 is 1. The van der Waals surface area contributed by atoms with Crippen LogP contribution in [-0.2, 0) is 4.79 Å². The number of ketones is 1. The van der Waals surface area contributed by atoms with Crippen LogP contribution >= 0.6 is 31.9 Å². The van der Waals surface area contributed by atoms with Gasteiger partial charge in [-0.25, -0.2) is 0 Å². The van der Waals surface area contributed by atoms with Gasteiger partial charge in [-0.1, -0.05) is 28.1 Å². The minimum atomic E-state index is -0.182. The van der Waals surface area contributed by atoms with Crippen LogP contribution in [0.15, 0.2) is 51.4 Å². The van der Waals surface area contributed by atoms with E-state index in [0.29, 0.717) is 17.0 Å². The Labute approximate surface area is 157 Å². The van der Waals surface area contributed by atoms with E-state index in [1.54, 1.807) is 37.5 Å². The summed E-state index contributed by atoms with van der Waals surface area (Å²) in [5.41, 5.74) is 1.85. The Kier molecular flexibility index (Phi) is 6.34. The van der Waals surface area contributed by atoms with Crippen LogP contribution in [0.25, 0.3) is 6.08 Å². The zero-order valence-corrected chi connectivity index (χ0v) is 16.3. The molecule has 0 saturated heterocycles. The lowest BCUT2D eigenvalue weighted by molar-refractivity contribution is -0.114. The largest absolute Gasteiger partial charge is 0.495 e. The van der Waals surface area contributed by atoms with Gasteiger partial charge in [0.15, 0.2) is 5.78 Å². The first-order valence-corrected chi connectivity index (χ1v) is 8.62. The van der Waals surface area contributed by atoms with Gasteiger partial charge in [-0.2, -0.15) is 0 Å². The van der Waals surface area contributed by atoms with Crippen LogP contribution in [-0.4, -0.2) is 18.8 Å². The van der Waals surface area contributed by atoms with Crippen molar-refractivity contribution in [1.82, 2.24) is 0 Å². The lowest BCUT2D eigenvalue weighted by Gasteiger charge is -2.08. The highest BCUT2D eigenvalue weighted by molar-refractivity contribution is 9.11. The number of anilines is 1. The van der Waals surface area contributed by atoms with Crippen LogP contribution in [0.4, 0.5) is 5.69 Å². The molecule has 0 aliphatic rings. The Hall–Kier alpha value is -1.92. The van der Waals surface area contributed by atoms with Gasteiger partial charge in [-0.15, -0.1) is 0 Å². The second kappa shape index (κ2) is 8.26. The summed E-state index contributed by atoms with van der Waals surface area (Å²) in [7, 11) is 1.57. The Bertz CT molecular complexity index is 816. The van der Waals surface area contributed by atoms with Crippen LogP contribution in [0.2, 0.25) is 0 Å². The number of hydrogen-bond donors (Lipinski definition) is 1. The summed E-state index contributed by atoms with van der Waals surface area (Å²) < 4.78 is 7.02. The molecule has 6 heteroatoms. The van der Waals surface area contributed by atoms with Crippen molar-refractivity contribution < 1.29 is 14.3 Å². The van der Waals surface area contributed by atoms with E-state index in [-0.39, 0.29) is 11.7 Å². The summed E-state index contributed by atoms with van der Waals surface area (Å²) in [5, 5.41) is 2.66. The summed E-state index contributed by atoms with van der Waals surface area (Å²) in [5.74, 6) is 0.300. The molecular formula is C18H15Br2NO3. The monoisotopic (exact) mass is 451 g/mol. The second-order valence-corrected chi connectivity index (χ2v) is 6.74. The van der Waals surface area contributed by atoms with E-state index in [0.717, 1.165) is 14.5 Å². The first-order chi connectivity index (χ1) is 11.4. The van der Waals surface area contributed by atoms with Gasteiger partial charge < -0.3 is 10.1 Å². The Morgan fingerprint density at radius 2 is 1.92 bits per heavy atom. The topological polar surface area (TPSA) is 55.4 Å². The molecule has 0 aliphatic carbocycles. The zero-order valence-electron chi connectivity index (χ0n) is 13.1. The summed E-state index contributed by atoms with van der Waals surface area (Å²) in [6.45, 7) is 1.42. The lowest BCUT2D eigenvalue weighted by Crippen LogP contribution is -2.06. The maximum atomic E-state index is 12.4. The first kappa shape index (κ1) is 18.4. The van der Waals surface area contributed by atoms with Crippen LogP contribution < -0.4 is 10.1 Å². The van der Waals surface area contributed by atoms with Crippen molar-refractivity contribution in [1.29, 1.82) is 0 Å². The summed E-state index contributed by atoms with van der Waals surface area (Å²) in [4.78, 5) is 23.5. The number of rotatable bonds is 5. The Morgan fingerprint density at radius 1 is 1.17 bits per heavy atom. The van der Waals surface area contributed by atoms with Gasteiger partial charge >= 0.3 is 0 Å². The highest BCUT2D eigenvalue weighted by Gasteiger charge is 2.08. The Balaban J connectivity index is 2.27. The molecule has 0 atom stereocenters. The predicted octanol–water partition coefficient (Wildman–Crippen LogP) is 5.07. The molecule has 1 N–H and O–H groups in total. The van der Waals surface area contributed by atoms with Crippen LogP contribution in [0.1, 0.15) is 22.8 Å². The lowest BCUT2D eigenvalue weighted by atomic mass is 10.1. The smallest absolute Gasteiger partial charge is 0.221 e. The third kappa shape index (κ3) is 4.79. The van der Waals surface area contributed by atoms with Crippen LogP contribution in [0, 0.1) is 0 Å². The van der Waals surface area contributed by atoms with Gasteiger partial charge in [-0.3, -0.25) is 9.59 Å². The van der Waals surface area contributed by atoms with Crippen molar-refractivity contribution >= 4 is 55.3 Å². The number of halogens is 2. The van der Waals surface area contributed by atoms with Gasteiger partial charge in [0.25, 0.3) is 0 Å². The molecule has 1 amide bonds. The van der Waals surface area contributed by atoms with Crippen molar-refractivity contribution in [3.8, 4) is 5.75 Å². The minimum Gasteiger partial charge on any atom is -0.495 e. The van der Waals surface area contributed by atoms with Crippen LogP contribution in [0.3, 0.4) is 0 Å². The van der Waals surface area contributed by atoms with E-state index in [9.17, 15) is 9.59 Å². The normalized spacial score (nSPS) is 10.7. The van der Waals surface area contributed by atoms with Crippen LogP contribution in [0.5, 0.6) is 5.75 Å². The molecule has 0 fully saturated rings. The number of ether oxygens (including phenoxy) is 1. The number of hydrogen-bond acceptors (Lipinski definition) is 3.